The molecule has 1 fully saturated rings. The Bertz CT molecular complexity index is 604. The molecular formula is C23H38N2O2. The van der Waals surface area contributed by atoms with Gasteiger partial charge in [-0.05, 0) is 59.0 Å². The summed E-state index contributed by atoms with van der Waals surface area (Å²) in [6.07, 6.45) is 12.0. The minimum absolute atomic E-state index is 0.0114. The van der Waals surface area contributed by atoms with E-state index in [9.17, 15) is 9.59 Å². The third-order valence-electron chi connectivity index (χ3n) is 4.40. The summed E-state index contributed by atoms with van der Waals surface area (Å²) >= 11 is 0. The lowest BCUT2D eigenvalue weighted by Gasteiger charge is -2.32. The van der Waals surface area contributed by atoms with Gasteiger partial charge in [0.2, 0.25) is 0 Å². The van der Waals surface area contributed by atoms with Gasteiger partial charge in [-0.2, -0.15) is 0 Å². The highest BCUT2D eigenvalue weighted by Gasteiger charge is 2.18. The van der Waals surface area contributed by atoms with Gasteiger partial charge in [-0.1, -0.05) is 45.1 Å². The summed E-state index contributed by atoms with van der Waals surface area (Å²) in [5.41, 5.74) is 3.19. The van der Waals surface area contributed by atoms with Crippen molar-refractivity contribution in [2.24, 2.45) is 0 Å². The lowest BCUT2D eigenvalue weighted by molar-refractivity contribution is -0.117. The van der Waals surface area contributed by atoms with E-state index in [1.807, 2.05) is 20.8 Å². The average Bonchev–Trinajstić information content (AvgIpc) is 2.68. The first-order valence-corrected chi connectivity index (χ1v) is 10.2. The number of hydrogen-bond donors (Lipinski definition) is 1. The molecule has 0 radical (unpaired) electrons. The zero-order valence-electron chi connectivity index (χ0n) is 18.3. The minimum atomic E-state index is -0.135. The van der Waals surface area contributed by atoms with Crippen LogP contribution < -0.4 is 5.32 Å². The van der Waals surface area contributed by atoms with Crippen molar-refractivity contribution >= 4 is 11.7 Å². The first kappa shape index (κ1) is 24.9. The summed E-state index contributed by atoms with van der Waals surface area (Å²) in [6, 6.07) is 0. The monoisotopic (exact) mass is 374 g/mol. The molecule has 152 valence electrons. The predicted octanol–water partition coefficient (Wildman–Crippen LogP) is 5.29. The van der Waals surface area contributed by atoms with Crippen LogP contribution in [0.2, 0.25) is 0 Å². The van der Waals surface area contributed by atoms with Gasteiger partial charge in [0.1, 0.15) is 0 Å². The van der Waals surface area contributed by atoms with Crippen LogP contribution in [0.5, 0.6) is 0 Å². The van der Waals surface area contributed by atoms with Crippen molar-refractivity contribution in [3.63, 3.8) is 0 Å². The molecule has 0 aromatic rings. The number of ketones is 1. The number of nitrogens with zero attached hydrogens (tertiary/aromatic N) is 1. The second-order valence-corrected chi connectivity index (χ2v) is 6.46. The van der Waals surface area contributed by atoms with E-state index in [1.165, 1.54) is 26.2 Å². The number of Topliss-reactive ketones (excluding diaryl/α,β-unsaturated/α-hetero) is 1. The second-order valence-electron chi connectivity index (χ2n) is 6.46. The van der Waals surface area contributed by atoms with E-state index in [2.05, 4.69) is 29.3 Å². The van der Waals surface area contributed by atoms with E-state index < -0.39 is 0 Å². The molecule has 1 rings (SSSR count). The molecule has 1 amide bonds. The first-order valence-electron chi connectivity index (χ1n) is 10.2. The van der Waals surface area contributed by atoms with Crippen molar-refractivity contribution in [3.05, 3.63) is 46.8 Å². The molecule has 1 aliphatic heterocycles. The number of allylic oxidation sites excluding steroid dienone is 5. The Balaban J connectivity index is 0.00000326. The van der Waals surface area contributed by atoms with Crippen LogP contribution >= 0.6 is 0 Å². The SMILES string of the molecule is C/C=C(\C(=C/CC)NC(=O)/C(C)=C/C=C(\C)C(C)=O)N1CCCCC1.CC. The molecule has 4 heteroatoms. The van der Waals surface area contributed by atoms with Crippen LogP contribution in [0.15, 0.2) is 46.8 Å². The fourth-order valence-electron chi connectivity index (χ4n) is 2.73. The quantitative estimate of drug-likeness (QED) is 0.486. The van der Waals surface area contributed by atoms with Crippen LogP contribution in [0, 0.1) is 0 Å². The van der Waals surface area contributed by atoms with E-state index in [0.717, 1.165) is 30.9 Å². The number of carbonyl (C=O) groups excluding carboxylic acids is 2. The zero-order chi connectivity index (χ0) is 20.8. The zero-order valence-corrected chi connectivity index (χ0v) is 18.3. The lowest BCUT2D eigenvalue weighted by Crippen LogP contribution is -2.35. The Morgan fingerprint density at radius 3 is 2.00 bits per heavy atom. The first-order chi connectivity index (χ1) is 12.9. The molecule has 0 bridgehead atoms. The second kappa shape index (κ2) is 14.0. The summed E-state index contributed by atoms with van der Waals surface area (Å²) in [5.74, 6) is -0.124. The average molecular weight is 375 g/mol. The Hall–Kier alpha value is -2.10. The van der Waals surface area contributed by atoms with E-state index in [0.29, 0.717) is 11.1 Å². The van der Waals surface area contributed by atoms with Crippen LogP contribution in [0.3, 0.4) is 0 Å². The fraction of sp³-hybridized carbons (Fsp3) is 0.565. The molecule has 1 aliphatic rings. The standard InChI is InChI=1S/C21H32N2O2.C2H6/c1-6-11-19(20(7-2)23-14-9-8-10-15-23)22-21(25)17(4)13-12-16(3)18(5)24;1-2/h7,11-13H,6,8-10,14-15H2,1-5H3,(H,22,25);1-2H3/b16-12+,17-13+,19-11+,20-7+;. The normalized spacial score (nSPS) is 16.5. The van der Waals surface area contributed by atoms with Gasteiger partial charge in [0, 0.05) is 18.7 Å². The molecule has 0 spiro atoms. The Morgan fingerprint density at radius 1 is 0.963 bits per heavy atom. The van der Waals surface area contributed by atoms with Crippen molar-refractivity contribution < 1.29 is 9.59 Å². The molecule has 0 unspecified atom stereocenters. The highest BCUT2D eigenvalue weighted by Crippen LogP contribution is 2.20. The topological polar surface area (TPSA) is 49.4 Å². The summed E-state index contributed by atoms with van der Waals surface area (Å²) < 4.78 is 0. The van der Waals surface area contributed by atoms with E-state index in [-0.39, 0.29) is 11.7 Å². The molecule has 1 heterocycles. The van der Waals surface area contributed by atoms with Gasteiger partial charge in [-0.25, -0.2) is 0 Å². The van der Waals surface area contributed by atoms with Crippen molar-refractivity contribution in [1.82, 2.24) is 10.2 Å². The van der Waals surface area contributed by atoms with Gasteiger partial charge < -0.3 is 10.2 Å². The summed E-state index contributed by atoms with van der Waals surface area (Å²) in [7, 11) is 0. The molecule has 1 N–H and O–H groups in total. The lowest BCUT2D eigenvalue weighted by atomic mass is 10.1. The van der Waals surface area contributed by atoms with Crippen LogP contribution in [0.25, 0.3) is 0 Å². The van der Waals surface area contributed by atoms with Crippen LogP contribution in [0.4, 0.5) is 0 Å². The maximum atomic E-state index is 12.5. The molecular weight excluding hydrogens is 336 g/mol. The molecule has 0 aromatic carbocycles. The third-order valence-corrected chi connectivity index (χ3v) is 4.40. The maximum Gasteiger partial charge on any atom is 0.251 e. The van der Waals surface area contributed by atoms with Crippen molar-refractivity contribution in [3.8, 4) is 0 Å². The predicted molar refractivity (Wildman–Crippen MR) is 115 cm³/mol. The van der Waals surface area contributed by atoms with Crippen molar-refractivity contribution in [2.45, 2.75) is 74.1 Å². The van der Waals surface area contributed by atoms with Crippen LogP contribution in [-0.2, 0) is 9.59 Å². The van der Waals surface area contributed by atoms with Gasteiger partial charge in [-0.3, -0.25) is 9.59 Å². The number of rotatable bonds is 7. The van der Waals surface area contributed by atoms with Gasteiger partial charge in [-0.15, -0.1) is 0 Å². The van der Waals surface area contributed by atoms with E-state index >= 15 is 0 Å². The van der Waals surface area contributed by atoms with E-state index in [1.54, 1.807) is 26.0 Å². The Kier molecular flexibility index (Phi) is 12.9. The molecule has 0 aliphatic carbocycles. The molecule has 0 atom stereocenters. The maximum absolute atomic E-state index is 12.5. The molecule has 0 saturated carbocycles. The summed E-state index contributed by atoms with van der Waals surface area (Å²) in [5, 5.41) is 3.05. The number of hydrogen-bond acceptors (Lipinski definition) is 3. The minimum Gasteiger partial charge on any atom is -0.370 e. The summed E-state index contributed by atoms with van der Waals surface area (Å²) in [4.78, 5) is 26.2. The highest BCUT2D eigenvalue weighted by molar-refractivity contribution is 5.96. The van der Waals surface area contributed by atoms with Gasteiger partial charge in [0.15, 0.2) is 5.78 Å². The van der Waals surface area contributed by atoms with Crippen molar-refractivity contribution in [2.75, 3.05) is 13.1 Å². The number of piperidine rings is 1. The van der Waals surface area contributed by atoms with Gasteiger partial charge in [0.25, 0.3) is 5.91 Å². The van der Waals surface area contributed by atoms with Crippen LogP contribution in [-0.4, -0.2) is 29.7 Å². The molecule has 1 saturated heterocycles. The largest absolute Gasteiger partial charge is 0.370 e. The van der Waals surface area contributed by atoms with Crippen LogP contribution in [0.1, 0.15) is 74.1 Å². The molecule has 27 heavy (non-hydrogen) atoms. The molecule has 4 nitrogen and oxygen atoms in total. The smallest absolute Gasteiger partial charge is 0.251 e. The fourth-order valence-corrected chi connectivity index (χ4v) is 2.73. The highest BCUT2D eigenvalue weighted by atomic mass is 16.1. The van der Waals surface area contributed by atoms with Crippen molar-refractivity contribution in [1.29, 1.82) is 0 Å². The number of nitrogens with one attached hydrogen (secondary N) is 1. The molecule has 0 aromatic heterocycles. The number of amides is 1. The Morgan fingerprint density at radius 2 is 1.52 bits per heavy atom. The van der Waals surface area contributed by atoms with Gasteiger partial charge in [0.05, 0.1) is 11.4 Å². The third kappa shape index (κ3) is 8.89. The number of carbonyl (C=O) groups is 2. The Labute approximate surface area is 166 Å². The van der Waals surface area contributed by atoms with Gasteiger partial charge >= 0.3 is 0 Å². The van der Waals surface area contributed by atoms with E-state index in [4.69, 9.17) is 0 Å². The summed E-state index contributed by atoms with van der Waals surface area (Å²) in [6.45, 7) is 15.2. The number of likely N-dealkylation sites (tertiary alicyclic amines) is 1.